The zero-order valence-corrected chi connectivity index (χ0v) is 10.0. The molecule has 1 rings (SSSR count). The lowest BCUT2D eigenvalue weighted by atomic mass is 10.3. The van der Waals surface area contributed by atoms with Crippen molar-refractivity contribution in [3.05, 3.63) is 24.3 Å². The molecule has 4 nitrogen and oxygen atoms in total. The number of rotatable bonds is 4. The van der Waals surface area contributed by atoms with Crippen LogP contribution in [0.4, 0.5) is 0 Å². The van der Waals surface area contributed by atoms with E-state index < -0.39 is 0 Å². The normalized spacial score (nSPS) is 21.1. The molecule has 1 atom stereocenters. The Kier molecular flexibility index (Phi) is 4.03. The minimum atomic E-state index is 0.139. The summed E-state index contributed by atoms with van der Waals surface area (Å²) >= 11 is 0. The van der Waals surface area contributed by atoms with Crippen LogP contribution in [0.25, 0.3) is 0 Å². The first kappa shape index (κ1) is 11.9. The molecule has 4 N–H and O–H groups in total. The summed E-state index contributed by atoms with van der Waals surface area (Å²) in [6, 6.07) is 0.847. The van der Waals surface area contributed by atoms with E-state index in [-0.39, 0.29) is 6.17 Å². The van der Waals surface area contributed by atoms with Crippen molar-refractivity contribution in [2.75, 3.05) is 0 Å². The van der Waals surface area contributed by atoms with Gasteiger partial charge in [0.1, 0.15) is 12.0 Å². The van der Waals surface area contributed by atoms with E-state index in [9.17, 15) is 0 Å². The monoisotopic (exact) mass is 210 g/mol. The Morgan fingerprint density at radius 2 is 1.93 bits per heavy atom. The SMILES string of the molecule is C=C1NC(NC(C)C)=CC(NC(C)C)N1. The van der Waals surface area contributed by atoms with Gasteiger partial charge in [-0.3, -0.25) is 5.32 Å². The summed E-state index contributed by atoms with van der Waals surface area (Å²) in [6.07, 6.45) is 2.23. The van der Waals surface area contributed by atoms with Crippen LogP contribution in [-0.2, 0) is 0 Å². The number of nitrogens with one attached hydrogen (secondary N) is 4. The molecule has 0 aromatic rings. The summed E-state index contributed by atoms with van der Waals surface area (Å²) in [5.74, 6) is 1.82. The lowest BCUT2D eigenvalue weighted by Crippen LogP contribution is -2.51. The average Bonchev–Trinajstić information content (AvgIpc) is 1.98. The van der Waals surface area contributed by atoms with E-state index in [4.69, 9.17) is 0 Å². The predicted octanol–water partition coefficient (Wildman–Crippen LogP) is 0.814. The first-order chi connectivity index (χ1) is 6.97. The summed E-state index contributed by atoms with van der Waals surface area (Å²) in [7, 11) is 0. The van der Waals surface area contributed by atoms with Crippen LogP contribution in [0.2, 0.25) is 0 Å². The third kappa shape index (κ3) is 4.25. The quantitative estimate of drug-likeness (QED) is 0.555. The molecule has 1 unspecified atom stereocenters. The van der Waals surface area contributed by atoms with Gasteiger partial charge in [0.05, 0.1) is 5.82 Å². The van der Waals surface area contributed by atoms with Crippen LogP contribution in [0.3, 0.4) is 0 Å². The Labute approximate surface area is 92.2 Å². The van der Waals surface area contributed by atoms with E-state index in [0.717, 1.165) is 11.6 Å². The Bertz CT molecular complexity index is 255. The molecule has 86 valence electrons. The molecule has 0 radical (unpaired) electrons. The highest BCUT2D eigenvalue weighted by Gasteiger charge is 2.15. The third-order valence-electron chi connectivity index (χ3n) is 1.91. The zero-order chi connectivity index (χ0) is 11.4. The van der Waals surface area contributed by atoms with Crippen molar-refractivity contribution in [2.24, 2.45) is 0 Å². The van der Waals surface area contributed by atoms with E-state index in [2.05, 4.69) is 61.6 Å². The Morgan fingerprint density at radius 1 is 1.27 bits per heavy atom. The maximum atomic E-state index is 3.89. The smallest absolute Gasteiger partial charge is 0.104 e. The van der Waals surface area contributed by atoms with E-state index in [1.165, 1.54) is 0 Å². The van der Waals surface area contributed by atoms with Gasteiger partial charge in [0.2, 0.25) is 0 Å². The standard InChI is InChI=1S/C11H22N4/c1-7(2)12-10-6-11(13-8(3)4)15-9(5)14-10/h6-8,10,12-15H,5H2,1-4H3. The van der Waals surface area contributed by atoms with Crippen LogP contribution in [-0.4, -0.2) is 18.2 Å². The van der Waals surface area contributed by atoms with E-state index in [1.807, 2.05) is 0 Å². The van der Waals surface area contributed by atoms with Crippen molar-refractivity contribution < 1.29 is 0 Å². The topological polar surface area (TPSA) is 48.1 Å². The van der Waals surface area contributed by atoms with Gasteiger partial charge in [-0.1, -0.05) is 6.58 Å². The molecule has 4 heteroatoms. The predicted molar refractivity (Wildman–Crippen MR) is 63.8 cm³/mol. The van der Waals surface area contributed by atoms with Gasteiger partial charge in [0, 0.05) is 12.1 Å². The van der Waals surface area contributed by atoms with Gasteiger partial charge in [-0.05, 0) is 33.8 Å². The first-order valence-electron chi connectivity index (χ1n) is 5.44. The second-order valence-electron chi connectivity index (χ2n) is 4.43. The Hall–Kier alpha value is -1.16. The van der Waals surface area contributed by atoms with Crippen molar-refractivity contribution in [3.63, 3.8) is 0 Å². The molecule has 0 fully saturated rings. The van der Waals surface area contributed by atoms with E-state index in [1.54, 1.807) is 0 Å². The minimum Gasteiger partial charge on any atom is -0.370 e. The van der Waals surface area contributed by atoms with Gasteiger partial charge in [0.15, 0.2) is 0 Å². The molecule has 0 saturated heterocycles. The second-order valence-corrected chi connectivity index (χ2v) is 4.43. The molecular weight excluding hydrogens is 188 g/mol. The van der Waals surface area contributed by atoms with Gasteiger partial charge in [0.25, 0.3) is 0 Å². The molecule has 0 bridgehead atoms. The molecule has 0 aliphatic carbocycles. The third-order valence-corrected chi connectivity index (χ3v) is 1.91. The average molecular weight is 210 g/mol. The highest BCUT2D eigenvalue weighted by molar-refractivity contribution is 5.16. The molecule has 1 aliphatic heterocycles. The van der Waals surface area contributed by atoms with Gasteiger partial charge < -0.3 is 16.0 Å². The molecule has 0 spiro atoms. The van der Waals surface area contributed by atoms with Gasteiger partial charge >= 0.3 is 0 Å². The maximum absolute atomic E-state index is 3.89. The van der Waals surface area contributed by atoms with Gasteiger partial charge in [-0.15, -0.1) is 0 Å². The lowest BCUT2D eigenvalue weighted by Gasteiger charge is -2.30. The van der Waals surface area contributed by atoms with E-state index >= 15 is 0 Å². The van der Waals surface area contributed by atoms with E-state index in [0.29, 0.717) is 12.1 Å². The van der Waals surface area contributed by atoms with Crippen LogP contribution in [0.1, 0.15) is 27.7 Å². The molecular formula is C11H22N4. The summed E-state index contributed by atoms with van der Waals surface area (Å²) in [5, 5.41) is 13.1. The minimum absolute atomic E-state index is 0.139. The van der Waals surface area contributed by atoms with Crippen LogP contribution >= 0.6 is 0 Å². The summed E-state index contributed by atoms with van der Waals surface area (Å²) in [4.78, 5) is 0. The first-order valence-corrected chi connectivity index (χ1v) is 5.44. The summed E-state index contributed by atoms with van der Waals surface area (Å²) in [5.41, 5.74) is 0. The van der Waals surface area contributed by atoms with Crippen LogP contribution < -0.4 is 21.3 Å². The van der Waals surface area contributed by atoms with Crippen LogP contribution in [0, 0.1) is 0 Å². The number of hydrogen-bond acceptors (Lipinski definition) is 4. The lowest BCUT2D eigenvalue weighted by molar-refractivity contribution is 0.445. The molecule has 0 amide bonds. The maximum Gasteiger partial charge on any atom is 0.104 e. The molecule has 0 aromatic carbocycles. The fourth-order valence-electron chi connectivity index (χ4n) is 1.48. The van der Waals surface area contributed by atoms with Crippen molar-refractivity contribution in [2.45, 2.75) is 45.9 Å². The molecule has 0 saturated carbocycles. The fraction of sp³-hybridized carbons (Fsp3) is 0.636. The molecule has 0 aromatic heterocycles. The largest absolute Gasteiger partial charge is 0.370 e. The molecule has 1 aliphatic rings. The highest BCUT2D eigenvalue weighted by atomic mass is 15.3. The van der Waals surface area contributed by atoms with Crippen LogP contribution in [0.5, 0.6) is 0 Å². The molecule has 1 heterocycles. The summed E-state index contributed by atoms with van der Waals surface area (Å²) < 4.78 is 0. The Morgan fingerprint density at radius 3 is 2.47 bits per heavy atom. The van der Waals surface area contributed by atoms with Gasteiger partial charge in [-0.2, -0.15) is 0 Å². The zero-order valence-electron chi connectivity index (χ0n) is 10.0. The highest BCUT2D eigenvalue weighted by Crippen LogP contribution is 2.01. The second kappa shape index (κ2) is 5.07. The van der Waals surface area contributed by atoms with Gasteiger partial charge in [-0.25, -0.2) is 0 Å². The summed E-state index contributed by atoms with van der Waals surface area (Å²) in [6.45, 7) is 12.3. The Balaban J connectivity index is 2.61. The van der Waals surface area contributed by atoms with Crippen molar-refractivity contribution in [1.29, 1.82) is 0 Å². The fourth-order valence-corrected chi connectivity index (χ4v) is 1.48. The van der Waals surface area contributed by atoms with Crippen LogP contribution in [0.15, 0.2) is 24.3 Å². The van der Waals surface area contributed by atoms with Crippen molar-refractivity contribution in [1.82, 2.24) is 21.3 Å². The number of hydrogen-bond donors (Lipinski definition) is 4. The van der Waals surface area contributed by atoms with Crippen molar-refractivity contribution >= 4 is 0 Å². The van der Waals surface area contributed by atoms with Crippen molar-refractivity contribution in [3.8, 4) is 0 Å². The molecule has 15 heavy (non-hydrogen) atoms.